The van der Waals surface area contributed by atoms with E-state index in [1.54, 1.807) is 24.3 Å². The fourth-order valence-electron chi connectivity index (χ4n) is 2.05. The Balaban J connectivity index is 1.90. The van der Waals surface area contributed by atoms with Crippen LogP contribution in [0.15, 0.2) is 47.5 Å². The lowest BCUT2D eigenvalue weighted by Crippen LogP contribution is -1.97. The van der Waals surface area contributed by atoms with Crippen LogP contribution in [-0.2, 0) is 10.1 Å². The van der Waals surface area contributed by atoms with E-state index in [4.69, 9.17) is 9.81 Å². The Bertz CT molecular complexity index is 1070. The Kier molecular flexibility index (Phi) is 3.95. The van der Waals surface area contributed by atoms with Gasteiger partial charge in [0.15, 0.2) is 0 Å². The molecular formula is C14H10N6O3S. The number of rotatable bonds is 4. The maximum absolute atomic E-state index is 11.2. The number of anilines is 1. The van der Waals surface area contributed by atoms with Crippen molar-refractivity contribution < 1.29 is 13.0 Å². The zero-order valence-corrected chi connectivity index (χ0v) is 12.8. The van der Waals surface area contributed by atoms with Gasteiger partial charge in [-0.2, -0.15) is 18.9 Å². The minimum absolute atomic E-state index is 0.167. The van der Waals surface area contributed by atoms with Crippen LogP contribution in [0.1, 0.15) is 5.82 Å². The van der Waals surface area contributed by atoms with E-state index >= 15 is 0 Å². The average molecular weight is 342 g/mol. The largest absolute Gasteiger partial charge is 0.360 e. The molecule has 3 N–H and O–H groups in total. The SMILES string of the molecule is N#CC(=CNc1ccc2cc(S(=O)(=O)O)ccc2c1)c1nn[nH]n1. The van der Waals surface area contributed by atoms with Gasteiger partial charge < -0.3 is 5.32 Å². The van der Waals surface area contributed by atoms with Crippen LogP contribution in [0, 0.1) is 11.3 Å². The van der Waals surface area contributed by atoms with E-state index in [9.17, 15) is 8.42 Å². The number of allylic oxidation sites excluding steroid dienone is 1. The summed E-state index contributed by atoms with van der Waals surface area (Å²) in [5.41, 5.74) is 0.879. The number of hydrogen-bond acceptors (Lipinski definition) is 7. The second-order valence-electron chi connectivity index (χ2n) is 4.75. The molecule has 0 atom stereocenters. The smallest absolute Gasteiger partial charge is 0.294 e. The van der Waals surface area contributed by atoms with Crippen molar-refractivity contribution in [3.05, 3.63) is 48.4 Å². The lowest BCUT2D eigenvalue weighted by molar-refractivity contribution is 0.483. The van der Waals surface area contributed by atoms with E-state index in [0.717, 1.165) is 5.39 Å². The first-order chi connectivity index (χ1) is 11.5. The molecule has 1 aromatic heterocycles. The van der Waals surface area contributed by atoms with Crippen molar-refractivity contribution in [1.82, 2.24) is 20.6 Å². The highest BCUT2D eigenvalue weighted by molar-refractivity contribution is 7.85. The average Bonchev–Trinajstić information content (AvgIpc) is 3.08. The molecule has 9 nitrogen and oxygen atoms in total. The van der Waals surface area contributed by atoms with Crippen molar-refractivity contribution in [3.8, 4) is 6.07 Å². The van der Waals surface area contributed by atoms with Gasteiger partial charge in [0.2, 0.25) is 5.82 Å². The van der Waals surface area contributed by atoms with Crippen LogP contribution in [0.4, 0.5) is 5.69 Å². The highest BCUT2D eigenvalue weighted by atomic mass is 32.2. The Morgan fingerprint density at radius 1 is 1.25 bits per heavy atom. The van der Waals surface area contributed by atoms with Gasteiger partial charge in [-0.25, -0.2) is 0 Å². The van der Waals surface area contributed by atoms with Crippen molar-refractivity contribution in [2.45, 2.75) is 4.90 Å². The van der Waals surface area contributed by atoms with Crippen molar-refractivity contribution >= 4 is 32.2 Å². The zero-order valence-electron chi connectivity index (χ0n) is 12.0. The van der Waals surface area contributed by atoms with Crippen LogP contribution < -0.4 is 5.32 Å². The third-order valence-electron chi connectivity index (χ3n) is 3.20. The van der Waals surface area contributed by atoms with E-state index in [0.29, 0.717) is 11.1 Å². The summed E-state index contributed by atoms with van der Waals surface area (Å²) in [5.74, 6) is 0.170. The van der Waals surface area contributed by atoms with Gasteiger partial charge in [-0.15, -0.1) is 10.2 Å². The normalized spacial score (nSPS) is 12.1. The molecule has 10 heteroatoms. The van der Waals surface area contributed by atoms with Gasteiger partial charge >= 0.3 is 0 Å². The second-order valence-corrected chi connectivity index (χ2v) is 6.17. The van der Waals surface area contributed by atoms with Crippen LogP contribution in [-0.4, -0.2) is 33.6 Å². The highest BCUT2D eigenvalue weighted by Gasteiger charge is 2.10. The number of H-pyrrole nitrogens is 1. The number of aromatic amines is 1. The summed E-state index contributed by atoms with van der Waals surface area (Å²) >= 11 is 0. The van der Waals surface area contributed by atoms with Gasteiger partial charge in [-0.3, -0.25) is 4.55 Å². The molecule has 0 spiro atoms. The van der Waals surface area contributed by atoms with Crippen molar-refractivity contribution in [1.29, 1.82) is 5.26 Å². The molecule has 0 bridgehead atoms. The molecule has 0 saturated heterocycles. The minimum Gasteiger partial charge on any atom is -0.360 e. The van der Waals surface area contributed by atoms with Gasteiger partial charge in [-0.05, 0) is 40.3 Å². The lowest BCUT2D eigenvalue weighted by Gasteiger charge is -2.05. The molecule has 24 heavy (non-hydrogen) atoms. The first-order valence-corrected chi connectivity index (χ1v) is 8.03. The Morgan fingerprint density at radius 2 is 2.00 bits per heavy atom. The maximum atomic E-state index is 11.2. The molecular weight excluding hydrogens is 332 g/mol. The molecule has 2 aromatic carbocycles. The minimum atomic E-state index is -4.24. The van der Waals surface area contributed by atoms with Crippen molar-refractivity contribution in [2.75, 3.05) is 5.32 Å². The summed E-state index contributed by atoms with van der Waals surface area (Å²) in [5, 5.41) is 26.6. The van der Waals surface area contributed by atoms with Gasteiger partial charge in [-0.1, -0.05) is 12.1 Å². The molecule has 120 valence electrons. The number of nitrogens with zero attached hydrogens (tertiary/aromatic N) is 4. The Labute approximate surface area is 136 Å². The quantitative estimate of drug-likeness (QED) is 0.478. The predicted octanol–water partition coefficient (Wildman–Crippen LogP) is 1.58. The summed E-state index contributed by atoms with van der Waals surface area (Å²) in [4.78, 5) is -0.167. The standard InChI is InChI=1S/C14H10N6O3S/c15-7-11(14-17-19-20-18-14)8-16-12-3-1-10-6-13(24(21,22)23)4-2-9(10)5-12/h1-6,8,16H,(H,21,22,23)(H,17,18,19,20). The van der Waals surface area contributed by atoms with Gasteiger partial charge in [0, 0.05) is 11.9 Å². The number of nitriles is 1. The summed E-state index contributed by atoms with van der Waals surface area (Å²) < 4.78 is 31.4. The molecule has 1 heterocycles. The van der Waals surface area contributed by atoms with Gasteiger partial charge in [0.05, 0.1) is 4.90 Å². The molecule has 3 aromatic rings. The molecule has 0 radical (unpaired) electrons. The molecule has 0 aliphatic rings. The summed E-state index contributed by atoms with van der Waals surface area (Å²) in [6, 6.07) is 11.4. The molecule has 3 rings (SSSR count). The zero-order chi connectivity index (χ0) is 17.2. The maximum Gasteiger partial charge on any atom is 0.294 e. The van der Waals surface area contributed by atoms with Crippen LogP contribution in [0.3, 0.4) is 0 Å². The number of hydrogen-bond donors (Lipinski definition) is 3. The van der Waals surface area contributed by atoms with Gasteiger partial charge in [0.25, 0.3) is 10.1 Å². The van der Waals surface area contributed by atoms with Crippen LogP contribution in [0.5, 0.6) is 0 Å². The summed E-state index contributed by atoms with van der Waals surface area (Å²) in [6.07, 6.45) is 1.44. The van der Waals surface area contributed by atoms with Crippen LogP contribution >= 0.6 is 0 Å². The van der Waals surface area contributed by atoms with E-state index in [2.05, 4.69) is 25.9 Å². The second kappa shape index (κ2) is 6.07. The van der Waals surface area contributed by atoms with Crippen molar-refractivity contribution in [3.63, 3.8) is 0 Å². The fourth-order valence-corrected chi connectivity index (χ4v) is 2.57. The van der Waals surface area contributed by atoms with Crippen LogP contribution in [0.2, 0.25) is 0 Å². The molecule has 0 aliphatic carbocycles. The van der Waals surface area contributed by atoms with E-state index < -0.39 is 10.1 Å². The van der Waals surface area contributed by atoms with E-state index in [-0.39, 0.29) is 16.3 Å². The van der Waals surface area contributed by atoms with Gasteiger partial charge in [0.1, 0.15) is 11.6 Å². The third kappa shape index (κ3) is 3.22. The lowest BCUT2D eigenvalue weighted by atomic mass is 10.1. The molecule has 0 saturated carbocycles. The number of fused-ring (bicyclic) bond motifs is 1. The predicted molar refractivity (Wildman–Crippen MR) is 85.2 cm³/mol. The summed E-state index contributed by atoms with van der Waals surface area (Å²) in [6.45, 7) is 0. The number of aromatic nitrogens is 4. The third-order valence-corrected chi connectivity index (χ3v) is 4.05. The first kappa shape index (κ1) is 15.6. The molecule has 0 amide bonds. The van der Waals surface area contributed by atoms with E-state index in [1.807, 2.05) is 6.07 Å². The Morgan fingerprint density at radius 3 is 2.67 bits per heavy atom. The molecule has 0 fully saturated rings. The highest BCUT2D eigenvalue weighted by Crippen LogP contribution is 2.23. The monoisotopic (exact) mass is 342 g/mol. The van der Waals surface area contributed by atoms with Crippen molar-refractivity contribution in [2.24, 2.45) is 0 Å². The Hall–Kier alpha value is -3.29. The fraction of sp³-hybridized carbons (Fsp3) is 0. The number of tetrazole rings is 1. The van der Waals surface area contributed by atoms with Crippen LogP contribution in [0.25, 0.3) is 16.3 Å². The summed E-state index contributed by atoms with van der Waals surface area (Å²) in [7, 11) is -4.24. The number of benzene rings is 2. The number of nitrogens with one attached hydrogen (secondary N) is 2. The topological polar surface area (TPSA) is 145 Å². The first-order valence-electron chi connectivity index (χ1n) is 6.59. The molecule has 0 unspecified atom stereocenters. The van der Waals surface area contributed by atoms with E-state index in [1.165, 1.54) is 18.3 Å². The molecule has 0 aliphatic heterocycles.